The molecule has 0 aromatic rings. The summed E-state index contributed by atoms with van der Waals surface area (Å²) in [6, 6.07) is 0. The van der Waals surface area contributed by atoms with E-state index < -0.39 is 5.97 Å². The number of hydrogen-bond acceptors (Lipinski definition) is 4. The molecule has 0 unspecified atom stereocenters. The van der Waals surface area contributed by atoms with Gasteiger partial charge in [0.2, 0.25) is 5.91 Å². The van der Waals surface area contributed by atoms with Crippen molar-refractivity contribution in [2.45, 2.75) is 19.8 Å². The lowest BCUT2D eigenvalue weighted by Gasteiger charge is -2.20. The van der Waals surface area contributed by atoms with E-state index in [-0.39, 0.29) is 12.5 Å². The van der Waals surface area contributed by atoms with Crippen LogP contribution in [0.5, 0.6) is 0 Å². The van der Waals surface area contributed by atoms with Crippen molar-refractivity contribution >= 4 is 11.9 Å². The number of carbonyl (C=O) groups is 2. The number of ether oxygens (including phenoxy) is 2. The van der Waals surface area contributed by atoms with E-state index in [4.69, 9.17) is 14.6 Å². The Labute approximate surface area is 101 Å². The maximum absolute atomic E-state index is 11.7. The van der Waals surface area contributed by atoms with Crippen LogP contribution in [0, 0.1) is 0 Å². The van der Waals surface area contributed by atoms with Gasteiger partial charge in [0.1, 0.15) is 6.54 Å². The molecular weight excluding hydrogens is 226 g/mol. The molecule has 0 radical (unpaired) electrons. The number of nitrogens with zero attached hydrogens (tertiary/aromatic N) is 1. The third-order valence-electron chi connectivity index (χ3n) is 2.13. The van der Waals surface area contributed by atoms with Crippen molar-refractivity contribution in [3.63, 3.8) is 0 Å². The molecule has 6 nitrogen and oxygen atoms in total. The number of aliphatic carboxylic acids is 1. The lowest BCUT2D eigenvalue weighted by molar-refractivity contribution is -0.145. The number of amides is 1. The fourth-order valence-electron chi connectivity index (χ4n) is 1.28. The lowest BCUT2D eigenvalue weighted by atomic mass is 10.3. The molecule has 0 aliphatic heterocycles. The van der Waals surface area contributed by atoms with Crippen LogP contribution >= 0.6 is 0 Å². The van der Waals surface area contributed by atoms with Gasteiger partial charge in [0.05, 0.1) is 6.61 Å². The average Bonchev–Trinajstić information content (AvgIpc) is 2.29. The highest BCUT2D eigenvalue weighted by atomic mass is 16.5. The first kappa shape index (κ1) is 15.9. The highest BCUT2D eigenvalue weighted by Crippen LogP contribution is 1.99. The van der Waals surface area contributed by atoms with Crippen LogP contribution in [0.25, 0.3) is 0 Å². The van der Waals surface area contributed by atoms with Crippen molar-refractivity contribution in [1.29, 1.82) is 0 Å². The molecule has 0 aromatic heterocycles. The van der Waals surface area contributed by atoms with Gasteiger partial charge >= 0.3 is 5.97 Å². The maximum Gasteiger partial charge on any atom is 0.323 e. The summed E-state index contributed by atoms with van der Waals surface area (Å²) in [5.41, 5.74) is 0. The summed E-state index contributed by atoms with van der Waals surface area (Å²) in [6.07, 6.45) is 0.909. The van der Waals surface area contributed by atoms with Gasteiger partial charge in [-0.15, -0.1) is 0 Å². The van der Waals surface area contributed by atoms with Crippen LogP contribution in [-0.4, -0.2) is 61.9 Å². The fraction of sp³-hybridized carbons (Fsp3) is 0.818. The van der Waals surface area contributed by atoms with Crippen LogP contribution in [0.1, 0.15) is 19.8 Å². The smallest absolute Gasteiger partial charge is 0.323 e. The minimum atomic E-state index is -1.01. The van der Waals surface area contributed by atoms with E-state index in [0.717, 1.165) is 0 Å². The topological polar surface area (TPSA) is 76.1 Å². The van der Waals surface area contributed by atoms with E-state index in [0.29, 0.717) is 39.2 Å². The molecule has 0 fully saturated rings. The van der Waals surface area contributed by atoms with Crippen LogP contribution in [0.15, 0.2) is 0 Å². The summed E-state index contributed by atoms with van der Waals surface area (Å²) in [5.74, 6) is -1.19. The average molecular weight is 247 g/mol. The Morgan fingerprint density at radius 3 is 2.53 bits per heavy atom. The van der Waals surface area contributed by atoms with Gasteiger partial charge in [-0.3, -0.25) is 9.59 Å². The summed E-state index contributed by atoms with van der Waals surface area (Å²) in [7, 11) is 1.51. The van der Waals surface area contributed by atoms with Crippen molar-refractivity contribution in [3.8, 4) is 0 Å². The first-order valence-corrected chi connectivity index (χ1v) is 5.68. The van der Waals surface area contributed by atoms with Gasteiger partial charge in [0.25, 0.3) is 0 Å². The molecule has 0 heterocycles. The molecule has 0 rings (SSSR count). The quantitative estimate of drug-likeness (QED) is 0.564. The summed E-state index contributed by atoms with van der Waals surface area (Å²) in [6.45, 7) is 3.39. The summed E-state index contributed by atoms with van der Waals surface area (Å²) < 4.78 is 9.95. The Balaban J connectivity index is 3.98. The standard InChI is InChI=1S/C11H21NO5/c1-3-17-7-4-5-10(13)12(6-8-16-2)9-11(14)15/h3-9H2,1-2H3,(H,14,15). The molecule has 1 N–H and O–H groups in total. The SMILES string of the molecule is CCOCCCC(=O)N(CCOC)CC(=O)O. The van der Waals surface area contributed by atoms with Crippen LogP contribution in [-0.2, 0) is 19.1 Å². The zero-order valence-corrected chi connectivity index (χ0v) is 10.5. The number of rotatable bonds is 10. The predicted octanol–water partition coefficient (Wildman–Crippen LogP) is 0.363. The minimum Gasteiger partial charge on any atom is -0.480 e. The van der Waals surface area contributed by atoms with Crippen molar-refractivity contribution in [2.24, 2.45) is 0 Å². The molecule has 0 aromatic carbocycles. The molecular formula is C11H21NO5. The number of hydrogen-bond donors (Lipinski definition) is 1. The van der Waals surface area contributed by atoms with Crippen LogP contribution in [0.2, 0.25) is 0 Å². The van der Waals surface area contributed by atoms with E-state index in [1.807, 2.05) is 6.92 Å². The molecule has 0 bridgehead atoms. The van der Waals surface area contributed by atoms with E-state index in [2.05, 4.69) is 0 Å². The highest BCUT2D eigenvalue weighted by Gasteiger charge is 2.15. The van der Waals surface area contributed by atoms with Gasteiger partial charge in [-0.2, -0.15) is 0 Å². The van der Waals surface area contributed by atoms with Crippen molar-refractivity contribution < 1.29 is 24.2 Å². The Hall–Kier alpha value is -1.14. The van der Waals surface area contributed by atoms with E-state index in [1.54, 1.807) is 0 Å². The molecule has 0 aliphatic carbocycles. The third kappa shape index (κ3) is 8.65. The second-order valence-corrected chi connectivity index (χ2v) is 3.50. The monoisotopic (exact) mass is 247 g/mol. The molecule has 0 atom stereocenters. The van der Waals surface area contributed by atoms with Crippen molar-refractivity contribution in [2.75, 3.05) is 40.0 Å². The van der Waals surface area contributed by atoms with Gasteiger partial charge in [-0.05, 0) is 13.3 Å². The lowest BCUT2D eigenvalue weighted by Crippen LogP contribution is -2.38. The van der Waals surface area contributed by atoms with E-state index >= 15 is 0 Å². The molecule has 0 saturated heterocycles. The summed E-state index contributed by atoms with van der Waals surface area (Å²) >= 11 is 0. The molecule has 1 amide bonds. The normalized spacial score (nSPS) is 10.2. The van der Waals surface area contributed by atoms with Gasteiger partial charge in [0.15, 0.2) is 0 Å². The molecule has 0 saturated carbocycles. The molecule has 17 heavy (non-hydrogen) atoms. The van der Waals surface area contributed by atoms with Crippen LogP contribution < -0.4 is 0 Å². The number of carboxylic acids is 1. The summed E-state index contributed by atoms with van der Waals surface area (Å²) in [5, 5.41) is 8.68. The van der Waals surface area contributed by atoms with E-state index in [9.17, 15) is 9.59 Å². The predicted molar refractivity (Wildman–Crippen MR) is 61.8 cm³/mol. The highest BCUT2D eigenvalue weighted by molar-refractivity contribution is 5.81. The Kier molecular flexibility index (Phi) is 9.37. The minimum absolute atomic E-state index is 0.177. The Morgan fingerprint density at radius 1 is 1.29 bits per heavy atom. The van der Waals surface area contributed by atoms with E-state index in [1.165, 1.54) is 12.0 Å². The Bertz CT molecular complexity index is 232. The fourth-order valence-corrected chi connectivity index (χ4v) is 1.28. The zero-order chi connectivity index (χ0) is 13.1. The molecule has 6 heteroatoms. The van der Waals surface area contributed by atoms with Gasteiger partial charge in [-0.1, -0.05) is 0 Å². The van der Waals surface area contributed by atoms with Crippen LogP contribution in [0.4, 0.5) is 0 Å². The number of carbonyl (C=O) groups excluding carboxylic acids is 1. The van der Waals surface area contributed by atoms with Crippen LogP contribution in [0.3, 0.4) is 0 Å². The second kappa shape index (κ2) is 10.0. The van der Waals surface area contributed by atoms with Gasteiger partial charge in [-0.25, -0.2) is 0 Å². The van der Waals surface area contributed by atoms with Gasteiger partial charge in [0, 0.05) is 33.3 Å². The summed E-state index contributed by atoms with van der Waals surface area (Å²) in [4.78, 5) is 23.6. The first-order valence-electron chi connectivity index (χ1n) is 5.68. The number of methoxy groups -OCH3 is 1. The third-order valence-corrected chi connectivity index (χ3v) is 2.13. The number of carboxylic acid groups (broad SMARTS) is 1. The zero-order valence-electron chi connectivity index (χ0n) is 10.5. The largest absolute Gasteiger partial charge is 0.480 e. The van der Waals surface area contributed by atoms with Gasteiger partial charge < -0.3 is 19.5 Å². The molecule has 100 valence electrons. The van der Waals surface area contributed by atoms with Crippen molar-refractivity contribution in [1.82, 2.24) is 4.90 Å². The Morgan fingerprint density at radius 2 is 2.00 bits per heavy atom. The van der Waals surface area contributed by atoms with Crippen molar-refractivity contribution in [3.05, 3.63) is 0 Å². The molecule has 0 aliphatic rings. The maximum atomic E-state index is 11.7. The first-order chi connectivity index (χ1) is 8.11. The molecule has 0 spiro atoms. The second-order valence-electron chi connectivity index (χ2n) is 3.50.